The standard InChI is InChI=1S/C8H14O3/c9-5-7(8(10)11)4-6-2-1-3-6/h6-7,9H,1-5H2,(H,10,11)/t7-/m1/s1. The maximum Gasteiger partial charge on any atom is 0.308 e. The van der Waals surface area contributed by atoms with Gasteiger partial charge < -0.3 is 10.2 Å². The van der Waals surface area contributed by atoms with Crippen LogP contribution >= 0.6 is 0 Å². The SMILES string of the molecule is O=C(O)[C@@H](CO)CC1CCC1. The number of hydrogen-bond donors (Lipinski definition) is 2. The van der Waals surface area contributed by atoms with Crippen molar-refractivity contribution in [2.45, 2.75) is 25.7 Å². The van der Waals surface area contributed by atoms with Gasteiger partial charge in [-0.15, -0.1) is 0 Å². The summed E-state index contributed by atoms with van der Waals surface area (Å²) in [5.41, 5.74) is 0. The molecule has 1 aliphatic rings. The summed E-state index contributed by atoms with van der Waals surface area (Å²) in [5, 5.41) is 17.3. The molecule has 1 atom stereocenters. The molecule has 1 fully saturated rings. The number of carbonyl (C=O) groups is 1. The molecule has 3 heteroatoms. The van der Waals surface area contributed by atoms with Gasteiger partial charge in [-0.1, -0.05) is 19.3 Å². The van der Waals surface area contributed by atoms with Crippen molar-refractivity contribution in [2.24, 2.45) is 11.8 Å². The third-order valence-corrected chi connectivity index (χ3v) is 2.41. The van der Waals surface area contributed by atoms with Gasteiger partial charge in [0.25, 0.3) is 0 Å². The molecule has 0 spiro atoms. The van der Waals surface area contributed by atoms with Crippen LogP contribution in [-0.4, -0.2) is 22.8 Å². The van der Waals surface area contributed by atoms with Crippen molar-refractivity contribution in [1.82, 2.24) is 0 Å². The van der Waals surface area contributed by atoms with Crippen LogP contribution in [0.25, 0.3) is 0 Å². The first-order chi connectivity index (χ1) is 5.24. The average Bonchev–Trinajstić information content (AvgIpc) is 1.85. The van der Waals surface area contributed by atoms with E-state index in [1.54, 1.807) is 0 Å². The average molecular weight is 158 g/mol. The fourth-order valence-electron chi connectivity index (χ4n) is 1.38. The summed E-state index contributed by atoms with van der Waals surface area (Å²) in [6.45, 7) is -0.216. The molecule has 1 saturated carbocycles. The maximum absolute atomic E-state index is 10.4. The van der Waals surface area contributed by atoms with E-state index in [1.807, 2.05) is 0 Å². The van der Waals surface area contributed by atoms with E-state index in [1.165, 1.54) is 6.42 Å². The van der Waals surface area contributed by atoms with Gasteiger partial charge >= 0.3 is 5.97 Å². The molecule has 0 radical (unpaired) electrons. The van der Waals surface area contributed by atoms with E-state index in [-0.39, 0.29) is 6.61 Å². The Hall–Kier alpha value is -0.570. The Morgan fingerprint density at radius 2 is 2.18 bits per heavy atom. The summed E-state index contributed by atoms with van der Waals surface area (Å²) in [4.78, 5) is 10.4. The predicted octanol–water partition coefficient (Wildman–Crippen LogP) is 0.870. The Kier molecular flexibility index (Phi) is 2.88. The number of aliphatic carboxylic acids is 1. The molecule has 0 aliphatic heterocycles. The number of aliphatic hydroxyl groups is 1. The second-order valence-corrected chi connectivity index (χ2v) is 3.25. The topological polar surface area (TPSA) is 57.5 Å². The molecule has 64 valence electrons. The molecule has 1 aliphatic carbocycles. The van der Waals surface area contributed by atoms with Crippen LogP contribution in [0.4, 0.5) is 0 Å². The van der Waals surface area contributed by atoms with Crippen LogP contribution in [0.5, 0.6) is 0 Å². The largest absolute Gasteiger partial charge is 0.481 e. The molecule has 0 unspecified atom stereocenters. The van der Waals surface area contributed by atoms with Crippen molar-refractivity contribution in [2.75, 3.05) is 6.61 Å². The molecule has 2 N–H and O–H groups in total. The lowest BCUT2D eigenvalue weighted by Crippen LogP contribution is -2.24. The van der Waals surface area contributed by atoms with Gasteiger partial charge in [0, 0.05) is 0 Å². The summed E-state index contributed by atoms with van der Waals surface area (Å²) in [6, 6.07) is 0. The second kappa shape index (κ2) is 3.72. The molecule has 0 heterocycles. The number of rotatable bonds is 4. The fourth-order valence-corrected chi connectivity index (χ4v) is 1.38. The molecular formula is C8H14O3. The quantitative estimate of drug-likeness (QED) is 0.638. The van der Waals surface area contributed by atoms with Crippen molar-refractivity contribution in [3.63, 3.8) is 0 Å². The summed E-state index contributed by atoms with van der Waals surface area (Å²) < 4.78 is 0. The third-order valence-electron chi connectivity index (χ3n) is 2.41. The molecule has 0 saturated heterocycles. The molecular weight excluding hydrogens is 144 g/mol. The molecule has 0 aromatic heterocycles. The van der Waals surface area contributed by atoms with Crippen molar-refractivity contribution in [3.8, 4) is 0 Å². The Morgan fingerprint density at radius 3 is 2.45 bits per heavy atom. The minimum Gasteiger partial charge on any atom is -0.481 e. The minimum absolute atomic E-state index is 0.216. The Bertz CT molecular complexity index is 140. The zero-order valence-electron chi connectivity index (χ0n) is 6.49. The fraction of sp³-hybridized carbons (Fsp3) is 0.875. The van der Waals surface area contributed by atoms with Crippen molar-refractivity contribution in [3.05, 3.63) is 0 Å². The molecule has 0 amide bonds. The van der Waals surface area contributed by atoms with Gasteiger partial charge in [0.15, 0.2) is 0 Å². The van der Waals surface area contributed by atoms with Gasteiger partial charge in [0.05, 0.1) is 12.5 Å². The van der Waals surface area contributed by atoms with Crippen LogP contribution < -0.4 is 0 Å². The number of carboxylic acid groups (broad SMARTS) is 1. The van der Waals surface area contributed by atoms with Crippen molar-refractivity contribution >= 4 is 5.97 Å². The van der Waals surface area contributed by atoms with Crippen LogP contribution in [0.3, 0.4) is 0 Å². The molecule has 0 bridgehead atoms. The van der Waals surface area contributed by atoms with E-state index < -0.39 is 11.9 Å². The summed E-state index contributed by atoms with van der Waals surface area (Å²) in [6.07, 6.45) is 4.17. The van der Waals surface area contributed by atoms with E-state index in [0.717, 1.165) is 12.8 Å². The van der Waals surface area contributed by atoms with E-state index in [2.05, 4.69) is 0 Å². The number of hydrogen-bond acceptors (Lipinski definition) is 2. The van der Waals surface area contributed by atoms with E-state index in [0.29, 0.717) is 12.3 Å². The van der Waals surface area contributed by atoms with Gasteiger partial charge in [-0.05, 0) is 12.3 Å². The van der Waals surface area contributed by atoms with Crippen LogP contribution in [-0.2, 0) is 4.79 Å². The zero-order chi connectivity index (χ0) is 8.27. The summed E-state index contributed by atoms with van der Waals surface area (Å²) in [5.74, 6) is -0.831. The monoisotopic (exact) mass is 158 g/mol. The third kappa shape index (κ3) is 2.19. The van der Waals surface area contributed by atoms with Gasteiger partial charge in [0.1, 0.15) is 0 Å². The van der Waals surface area contributed by atoms with Crippen LogP contribution in [0.15, 0.2) is 0 Å². The van der Waals surface area contributed by atoms with Crippen LogP contribution in [0.1, 0.15) is 25.7 Å². The number of carboxylic acids is 1. The lowest BCUT2D eigenvalue weighted by atomic mass is 9.79. The molecule has 0 aromatic carbocycles. The van der Waals surface area contributed by atoms with Crippen molar-refractivity contribution < 1.29 is 15.0 Å². The second-order valence-electron chi connectivity index (χ2n) is 3.25. The molecule has 0 aromatic rings. The molecule has 11 heavy (non-hydrogen) atoms. The van der Waals surface area contributed by atoms with Gasteiger partial charge in [-0.25, -0.2) is 0 Å². The van der Waals surface area contributed by atoms with E-state index in [9.17, 15) is 4.79 Å². The highest BCUT2D eigenvalue weighted by atomic mass is 16.4. The summed E-state index contributed by atoms with van der Waals surface area (Å²) in [7, 11) is 0. The lowest BCUT2D eigenvalue weighted by Gasteiger charge is -2.27. The van der Waals surface area contributed by atoms with E-state index >= 15 is 0 Å². The van der Waals surface area contributed by atoms with Crippen LogP contribution in [0.2, 0.25) is 0 Å². The maximum atomic E-state index is 10.4. The minimum atomic E-state index is -0.862. The molecule has 3 nitrogen and oxygen atoms in total. The Morgan fingerprint density at radius 1 is 1.55 bits per heavy atom. The normalized spacial score (nSPS) is 20.8. The first kappa shape index (κ1) is 8.53. The highest BCUT2D eigenvalue weighted by molar-refractivity contribution is 5.70. The number of aliphatic hydroxyl groups excluding tert-OH is 1. The molecule has 1 rings (SSSR count). The van der Waals surface area contributed by atoms with Crippen molar-refractivity contribution in [1.29, 1.82) is 0 Å². The predicted molar refractivity (Wildman–Crippen MR) is 40.2 cm³/mol. The van der Waals surface area contributed by atoms with E-state index in [4.69, 9.17) is 10.2 Å². The van der Waals surface area contributed by atoms with Gasteiger partial charge in [0.2, 0.25) is 0 Å². The highest BCUT2D eigenvalue weighted by Gasteiger charge is 2.25. The first-order valence-electron chi connectivity index (χ1n) is 4.07. The van der Waals surface area contributed by atoms with Gasteiger partial charge in [-0.3, -0.25) is 4.79 Å². The Balaban J connectivity index is 2.24. The smallest absolute Gasteiger partial charge is 0.308 e. The zero-order valence-corrected chi connectivity index (χ0v) is 6.49. The summed E-state index contributed by atoms with van der Waals surface area (Å²) >= 11 is 0. The van der Waals surface area contributed by atoms with Gasteiger partial charge in [-0.2, -0.15) is 0 Å². The Labute approximate surface area is 66.0 Å². The highest BCUT2D eigenvalue weighted by Crippen LogP contribution is 2.32. The first-order valence-corrected chi connectivity index (χ1v) is 4.07. The van der Waals surface area contributed by atoms with Crippen LogP contribution in [0, 0.1) is 11.8 Å². The lowest BCUT2D eigenvalue weighted by molar-refractivity contribution is -0.144.